The van der Waals surface area contributed by atoms with Gasteiger partial charge in [0.15, 0.2) is 11.5 Å². The van der Waals surface area contributed by atoms with Gasteiger partial charge < -0.3 is 20.1 Å². The molecule has 1 aromatic rings. The normalized spacial score (nSPS) is 14.9. The minimum atomic E-state index is -0.101. The number of allylic oxidation sites excluding steroid dienone is 1. The minimum Gasteiger partial charge on any atom is -0.493 e. The third kappa shape index (κ3) is 4.72. The average molecular weight is 333 g/mol. The second kappa shape index (κ2) is 9.30. The number of carbonyl (C=O) groups is 1. The van der Waals surface area contributed by atoms with Crippen molar-refractivity contribution in [3.8, 4) is 11.5 Å². The Hall–Kier alpha value is -2.05. The fourth-order valence-electron chi connectivity index (χ4n) is 2.85. The predicted octanol–water partition coefficient (Wildman–Crippen LogP) is 1.07. The Balaban J connectivity index is 2.02. The van der Waals surface area contributed by atoms with E-state index < -0.39 is 0 Å². The van der Waals surface area contributed by atoms with Gasteiger partial charge in [-0.25, -0.2) is 0 Å². The molecule has 24 heavy (non-hydrogen) atoms. The van der Waals surface area contributed by atoms with Crippen LogP contribution in [0.3, 0.4) is 0 Å². The van der Waals surface area contributed by atoms with Crippen LogP contribution < -0.4 is 20.1 Å². The smallest absolute Gasteiger partial charge is 0.251 e. The van der Waals surface area contributed by atoms with E-state index in [4.69, 9.17) is 9.47 Å². The molecule has 2 N–H and O–H groups in total. The highest BCUT2D eigenvalue weighted by molar-refractivity contribution is 5.95. The number of nitrogens with one attached hydrogen (secondary N) is 2. The summed E-state index contributed by atoms with van der Waals surface area (Å²) in [6.07, 6.45) is 2.39. The molecule has 0 atom stereocenters. The van der Waals surface area contributed by atoms with Crippen molar-refractivity contribution in [1.29, 1.82) is 0 Å². The molecule has 0 unspecified atom stereocenters. The maximum Gasteiger partial charge on any atom is 0.251 e. The highest BCUT2D eigenvalue weighted by Gasteiger charge is 2.16. The highest BCUT2D eigenvalue weighted by Crippen LogP contribution is 2.33. The molecule has 6 heteroatoms. The van der Waals surface area contributed by atoms with Gasteiger partial charge in [0, 0.05) is 50.4 Å². The summed E-state index contributed by atoms with van der Waals surface area (Å²) in [6.45, 7) is 9.31. The number of piperazine rings is 1. The average Bonchev–Trinajstić information content (AvgIpc) is 2.62. The van der Waals surface area contributed by atoms with Crippen molar-refractivity contribution in [1.82, 2.24) is 15.5 Å². The van der Waals surface area contributed by atoms with Gasteiger partial charge in [-0.05, 0) is 18.6 Å². The molecule has 132 valence electrons. The van der Waals surface area contributed by atoms with Crippen molar-refractivity contribution in [3.05, 3.63) is 35.9 Å². The molecule has 1 fully saturated rings. The molecule has 0 aliphatic carbocycles. The van der Waals surface area contributed by atoms with Crippen LogP contribution in [0.4, 0.5) is 0 Å². The van der Waals surface area contributed by atoms with Gasteiger partial charge >= 0.3 is 0 Å². The summed E-state index contributed by atoms with van der Waals surface area (Å²) in [7, 11) is 3.17. The number of hydrogen-bond acceptors (Lipinski definition) is 5. The second-order valence-electron chi connectivity index (χ2n) is 5.71. The lowest BCUT2D eigenvalue weighted by molar-refractivity contribution is 0.0946. The summed E-state index contributed by atoms with van der Waals surface area (Å²) in [6, 6.07) is 3.55. The van der Waals surface area contributed by atoms with Crippen LogP contribution in [0.1, 0.15) is 15.9 Å². The highest BCUT2D eigenvalue weighted by atomic mass is 16.5. The summed E-state index contributed by atoms with van der Waals surface area (Å²) in [5, 5.41) is 6.30. The van der Waals surface area contributed by atoms with E-state index in [9.17, 15) is 4.79 Å². The molecule has 6 nitrogen and oxygen atoms in total. The SMILES string of the molecule is C=CCc1cc(C(=O)NCCN2CCNCC2)cc(OC)c1OC. The van der Waals surface area contributed by atoms with Crippen molar-refractivity contribution in [2.24, 2.45) is 0 Å². The van der Waals surface area contributed by atoms with Gasteiger partial charge in [0.05, 0.1) is 14.2 Å². The van der Waals surface area contributed by atoms with Crippen LogP contribution in [-0.2, 0) is 6.42 Å². The standard InChI is InChI=1S/C18H27N3O3/c1-4-5-14-12-15(13-16(23-2)17(14)24-3)18(22)20-8-11-21-9-6-19-7-10-21/h4,12-13,19H,1,5-11H2,2-3H3,(H,20,22). The van der Waals surface area contributed by atoms with E-state index in [1.165, 1.54) is 0 Å². The number of amides is 1. The van der Waals surface area contributed by atoms with Crippen LogP contribution in [0.25, 0.3) is 0 Å². The van der Waals surface area contributed by atoms with Crippen LogP contribution in [0.5, 0.6) is 11.5 Å². The van der Waals surface area contributed by atoms with Crippen molar-refractivity contribution in [2.45, 2.75) is 6.42 Å². The quantitative estimate of drug-likeness (QED) is 0.697. The van der Waals surface area contributed by atoms with Gasteiger partial charge in [0.25, 0.3) is 5.91 Å². The molecule has 1 amide bonds. The van der Waals surface area contributed by atoms with Crippen LogP contribution in [0, 0.1) is 0 Å². The van der Waals surface area contributed by atoms with E-state index in [1.807, 2.05) is 6.07 Å². The van der Waals surface area contributed by atoms with Gasteiger partial charge in [0.1, 0.15) is 0 Å². The summed E-state index contributed by atoms with van der Waals surface area (Å²) >= 11 is 0. The van der Waals surface area contributed by atoms with Crippen molar-refractivity contribution >= 4 is 5.91 Å². The van der Waals surface area contributed by atoms with Crippen LogP contribution in [-0.4, -0.2) is 64.3 Å². The first-order valence-corrected chi connectivity index (χ1v) is 8.26. The zero-order chi connectivity index (χ0) is 17.4. The Labute approximate surface area is 143 Å². The zero-order valence-corrected chi connectivity index (χ0v) is 14.6. The van der Waals surface area contributed by atoms with E-state index in [0.29, 0.717) is 30.0 Å². The number of rotatable bonds is 8. The fraction of sp³-hybridized carbons (Fsp3) is 0.500. The van der Waals surface area contributed by atoms with E-state index in [1.54, 1.807) is 26.4 Å². The molecule has 1 aliphatic rings. The second-order valence-corrected chi connectivity index (χ2v) is 5.71. The van der Waals surface area contributed by atoms with Crippen LogP contribution in [0.15, 0.2) is 24.8 Å². The first-order valence-electron chi connectivity index (χ1n) is 8.26. The largest absolute Gasteiger partial charge is 0.493 e. The lowest BCUT2D eigenvalue weighted by Gasteiger charge is -2.27. The van der Waals surface area contributed by atoms with Gasteiger partial charge in [0.2, 0.25) is 0 Å². The number of benzene rings is 1. The third-order valence-corrected chi connectivity index (χ3v) is 4.11. The number of methoxy groups -OCH3 is 2. The molecule has 0 aromatic heterocycles. The molecule has 1 aliphatic heterocycles. The van der Waals surface area contributed by atoms with Crippen LogP contribution >= 0.6 is 0 Å². The van der Waals surface area contributed by atoms with Crippen molar-refractivity contribution < 1.29 is 14.3 Å². The summed E-state index contributed by atoms with van der Waals surface area (Å²) in [5.41, 5.74) is 1.46. The molecule has 0 bridgehead atoms. The Morgan fingerprint density at radius 1 is 1.33 bits per heavy atom. The van der Waals surface area contributed by atoms with Gasteiger partial charge in [-0.2, -0.15) is 0 Å². The summed E-state index contributed by atoms with van der Waals surface area (Å²) in [4.78, 5) is 14.8. The molecule has 1 saturated heterocycles. The Morgan fingerprint density at radius 2 is 2.08 bits per heavy atom. The molecular weight excluding hydrogens is 306 g/mol. The molecule has 1 heterocycles. The van der Waals surface area contributed by atoms with Crippen LogP contribution in [0.2, 0.25) is 0 Å². The summed E-state index contributed by atoms with van der Waals surface area (Å²) < 4.78 is 10.8. The van der Waals surface area contributed by atoms with Gasteiger partial charge in [-0.15, -0.1) is 6.58 Å². The number of ether oxygens (including phenoxy) is 2. The Kier molecular flexibility index (Phi) is 7.08. The summed E-state index contributed by atoms with van der Waals surface area (Å²) in [5.74, 6) is 1.11. The maximum absolute atomic E-state index is 12.4. The van der Waals surface area contributed by atoms with E-state index in [0.717, 1.165) is 38.3 Å². The van der Waals surface area contributed by atoms with E-state index >= 15 is 0 Å². The number of hydrogen-bond donors (Lipinski definition) is 2. The monoisotopic (exact) mass is 333 g/mol. The molecule has 1 aromatic carbocycles. The number of carbonyl (C=O) groups excluding carboxylic acids is 1. The van der Waals surface area contributed by atoms with E-state index in [-0.39, 0.29) is 5.91 Å². The lowest BCUT2D eigenvalue weighted by Crippen LogP contribution is -2.46. The Morgan fingerprint density at radius 3 is 2.71 bits per heavy atom. The third-order valence-electron chi connectivity index (χ3n) is 4.11. The number of nitrogens with zero attached hydrogens (tertiary/aromatic N) is 1. The zero-order valence-electron chi connectivity index (χ0n) is 14.6. The first-order chi connectivity index (χ1) is 11.7. The molecular formula is C18H27N3O3. The van der Waals surface area contributed by atoms with Gasteiger partial charge in [-0.3, -0.25) is 9.69 Å². The lowest BCUT2D eigenvalue weighted by atomic mass is 10.0. The van der Waals surface area contributed by atoms with Crippen molar-refractivity contribution in [2.75, 3.05) is 53.5 Å². The van der Waals surface area contributed by atoms with E-state index in [2.05, 4.69) is 22.1 Å². The first kappa shape index (κ1) is 18.3. The molecule has 0 spiro atoms. The van der Waals surface area contributed by atoms with Crippen molar-refractivity contribution in [3.63, 3.8) is 0 Å². The van der Waals surface area contributed by atoms with Gasteiger partial charge in [-0.1, -0.05) is 6.08 Å². The topological polar surface area (TPSA) is 62.8 Å². The Bertz CT molecular complexity index is 569. The molecule has 0 saturated carbocycles. The predicted molar refractivity (Wildman–Crippen MR) is 95.1 cm³/mol. The minimum absolute atomic E-state index is 0.101. The maximum atomic E-state index is 12.4. The molecule has 0 radical (unpaired) electrons. The molecule has 2 rings (SSSR count). The fourth-order valence-corrected chi connectivity index (χ4v) is 2.85.